The number of ether oxygens (including phenoxy) is 1. The van der Waals surface area contributed by atoms with Crippen LogP contribution < -0.4 is 10.2 Å². The second-order valence-electron chi connectivity index (χ2n) is 4.68. The molecule has 0 radical (unpaired) electrons. The molecule has 0 unspecified atom stereocenters. The van der Waals surface area contributed by atoms with Crippen molar-refractivity contribution in [3.05, 3.63) is 60.3 Å². The van der Waals surface area contributed by atoms with E-state index >= 15 is 0 Å². The van der Waals surface area contributed by atoms with Gasteiger partial charge in [0.1, 0.15) is 11.5 Å². The van der Waals surface area contributed by atoms with Crippen molar-refractivity contribution in [2.24, 2.45) is 5.10 Å². The summed E-state index contributed by atoms with van der Waals surface area (Å²) in [4.78, 5) is 4.35. The number of anilines is 1. The molecular formula is C17H15N3O2. The quantitative estimate of drug-likeness (QED) is 0.571. The predicted octanol–water partition coefficient (Wildman–Crippen LogP) is 3.40. The maximum atomic E-state index is 9.81. The summed E-state index contributed by atoms with van der Waals surface area (Å²) < 4.78 is 5.13. The average Bonchev–Trinajstić information content (AvgIpc) is 2.57. The minimum atomic E-state index is 0.141. The lowest BCUT2D eigenvalue weighted by atomic mass is 10.2. The molecular weight excluding hydrogens is 278 g/mol. The Morgan fingerprint density at radius 2 is 2.05 bits per heavy atom. The maximum Gasteiger partial charge on any atom is 0.124 e. The highest BCUT2D eigenvalue weighted by atomic mass is 16.5. The number of aromatic nitrogens is 1. The van der Waals surface area contributed by atoms with E-state index in [-0.39, 0.29) is 5.75 Å². The van der Waals surface area contributed by atoms with Crippen molar-refractivity contribution in [2.75, 3.05) is 12.5 Å². The minimum absolute atomic E-state index is 0.141. The number of pyridine rings is 1. The topological polar surface area (TPSA) is 66.7 Å². The first kappa shape index (κ1) is 13.9. The lowest BCUT2D eigenvalue weighted by molar-refractivity contribution is 0.412. The number of hydrazone groups is 1. The highest BCUT2D eigenvalue weighted by Crippen LogP contribution is 2.22. The van der Waals surface area contributed by atoms with Gasteiger partial charge in [-0.2, -0.15) is 5.10 Å². The zero-order chi connectivity index (χ0) is 15.4. The molecule has 0 saturated heterocycles. The Morgan fingerprint density at radius 3 is 2.91 bits per heavy atom. The van der Waals surface area contributed by atoms with E-state index in [4.69, 9.17) is 4.74 Å². The number of benzene rings is 2. The van der Waals surface area contributed by atoms with E-state index in [1.807, 2.05) is 30.3 Å². The van der Waals surface area contributed by atoms with Crippen molar-refractivity contribution >= 4 is 22.8 Å². The first-order chi connectivity index (χ1) is 10.8. The fourth-order valence-electron chi connectivity index (χ4n) is 2.13. The van der Waals surface area contributed by atoms with E-state index in [0.717, 1.165) is 16.6 Å². The molecule has 5 heteroatoms. The summed E-state index contributed by atoms with van der Waals surface area (Å²) in [5.74, 6) is 0.800. The first-order valence-corrected chi connectivity index (χ1v) is 6.78. The number of nitrogens with one attached hydrogen (secondary N) is 1. The molecule has 0 aliphatic carbocycles. The molecule has 0 aliphatic heterocycles. The molecule has 1 heterocycles. The fraction of sp³-hybridized carbons (Fsp3) is 0.0588. The molecule has 3 aromatic rings. The molecule has 110 valence electrons. The van der Waals surface area contributed by atoms with Gasteiger partial charge >= 0.3 is 0 Å². The molecule has 22 heavy (non-hydrogen) atoms. The molecule has 2 N–H and O–H groups in total. The van der Waals surface area contributed by atoms with E-state index in [1.54, 1.807) is 37.7 Å². The minimum Gasteiger partial charge on any atom is -0.507 e. The summed E-state index contributed by atoms with van der Waals surface area (Å²) in [5.41, 5.74) is 5.17. The number of phenolic OH excluding ortho intramolecular Hbond substituents is 1. The normalized spacial score (nSPS) is 11.0. The van der Waals surface area contributed by atoms with Gasteiger partial charge in [0, 0.05) is 17.1 Å². The van der Waals surface area contributed by atoms with Gasteiger partial charge in [0.05, 0.1) is 24.5 Å². The van der Waals surface area contributed by atoms with Gasteiger partial charge in [-0.3, -0.25) is 10.4 Å². The van der Waals surface area contributed by atoms with Gasteiger partial charge in [0.25, 0.3) is 0 Å². The van der Waals surface area contributed by atoms with Crippen LogP contribution in [0.25, 0.3) is 10.9 Å². The van der Waals surface area contributed by atoms with Crippen LogP contribution in [-0.4, -0.2) is 23.4 Å². The summed E-state index contributed by atoms with van der Waals surface area (Å²) >= 11 is 0. The second-order valence-corrected chi connectivity index (χ2v) is 4.68. The smallest absolute Gasteiger partial charge is 0.124 e. The molecule has 3 rings (SSSR count). The Labute approximate surface area is 127 Å². The van der Waals surface area contributed by atoms with Gasteiger partial charge in [-0.15, -0.1) is 0 Å². The van der Waals surface area contributed by atoms with E-state index in [9.17, 15) is 5.11 Å². The summed E-state index contributed by atoms with van der Waals surface area (Å²) in [6, 6.07) is 14.7. The largest absolute Gasteiger partial charge is 0.507 e. The van der Waals surface area contributed by atoms with Crippen LogP contribution in [-0.2, 0) is 0 Å². The van der Waals surface area contributed by atoms with Gasteiger partial charge in [-0.05, 0) is 30.3 Å². The number of hydrogen-bond donors (Lipinski definition) is 2. The third kappa shape index (κ3) is 2.83. The van der Waals surface area contributed by atoms with E-state index in [1.165, 1.54) is 0 Å². The van der Waals surface area contributed by atoms with Crippen molar-refractivity contribution < 1.29 is 9.84 Å². The SMILES string of the molecule is COc1ccc(O)c(C=NNc2cccc3cccnc23)c1. The Bertz CT molecular complexity index is 826. The molecule has 5 nitrogen and oxygen atoms in total. The molecule has 0 aliphatic rings. The van der Waals surface area contributed by atoms with Crippen LogP contribution in [0, 0.1) is 0 Å². The Balaban J connectivity index is 1.85. The number of methoxy groups -OCH3 is 1. The number of phenols is 1. The Morgan fingerprint density at radius 1 is 1.18 bits per heavy atom. The van der Waals surface area contributed by atoms with E-state index < -0.39 is 0 Å². The molecule has 0 atom stereocenters. The van der Waals surface area contributed by atoms with Gasteiger partial charge in [-0.25, -0.2) is 0 Å². The zero-order valence-corrected chi connectivity index (χ0v) is 12.0. The van der Waals surface area contributed by atoms with Crippen molar-refractivity contribution in [3.8, 4) is 11.5 Å². The van der Waals surface area contributed by atoms with Gasteiger partial charge in [0.2, 0.25) is 0 Å². The molecule has 2 aromatic carbocycles. The molecule has 0 spiro atoms. The van der Waals surface area contributed by atoms with Crippen LogP contribution in [0.5, 0.6) is 11.5 Å². The molecule has 1 aromatic heterocycles. The highest BCUT2D eigenvalue weighted by Gasteiger charge is 2.02. The summed E-state index contributed by atoms with van der Waals surface area (Å²) in [5, 5.41) is 15.0. The van der Waals surface area contributed by atoms with Crippen LogP contribution in [0.3, 0.4) is 0 Å². The average molecular weight is 293 g/mol. The lowest BCUT2D eigenvalue weighted by Crippen LogP contribution is -1.94. The first-order valence-electron chi connectivity index (χ1n) is 6.78. The molecule has 0 amide bonds. The number of para-hydroxylation sites is 1. The number of hydrogen-bond acceptors (Lipinski definition) is 5. The van der Waals surface area contributed by atoms with Crippen LogP contribution in [0.1, 0.15) is 5.56 Å². The van der Waals surface area contributed by atoms with Crippen LogP contribution >= 0.6 is 0 Å². The number of fused-ring (bicyclic) bond motifs is 1. The summed E-state index contributed by atoms with van der Waals surface area (Å²) in [7, 11) is 1.58. The Hall–Kier alpha value is -3.08. The summed E-state index contributed by atoms with van der Waals surface area (Å²) in [6.45, 7) is 0. The standard InChI is InChI=1S/C17H15N3O2/c1-22-14-7-8-16(21)13(10-14)11-19-20-15-6-2-4-12-5-3-9-18-17(12)15/h2-11,20-21H,1H3. The van der Waals surface area contributed by atoms with E-state index in [2.05, 4.69) is 15.5 Å². The third-order valence-electron chi connectivity index (χ3n) is 3.26. The maximum absolute atomic E-state index is 9.81. The van der Waals surface area contributed by atoms with Gasteiger partial charge < -0.3 is 9.84 Å². The molecule has 0 bridgehead atoms. The number of nitrogens with zero attached hydrogens (tertiary/aromatic N) is 2. The lowest BCUT2D eigenvalue weighted by Gasteiger charge is -2.05. The van der Waals surface area contributed by atoms with Crippen LogP contribution in [0.4, 0.5) is 5.69 Å². The number of aromatic hydroxyl groups is 1. The van der Waals surface area contributed by atoms with E-state index in [0.29, 0.717) is 11.3 Å². The molecule has 0 saturated carbocycles. The fourth-order valence-corrected chi connectivity index (χ4v) is 2.13. The highest BCUT2D eigenvalue weighted by molar-refractivity contribution is 5.91. The number of rotatable bonds is 4. The predicted molar refractivity (Wildman–Crippen MR) is 87.6 cm³/mol. The van der Waals surface area contributed by atoms with Crippen molar-refractivity contribution in [1.29, 1.82) is 0 Å². The van der Waals surface area contributed by atoms with Crippen LogP contribution in [0.2, 0.25) is 0 Å². The van der Waals surface area contributed by atoms with Gasteiger partial charge in [-0.1, -0.05) is 18.2 Å². The van der Waals surface area contributed by atoms with Crippen LogP contribution in [0.15, 0.2) is 59.8 Å². The van der Waals surface area contributed by atoms with Crippen molar-refractivity contribution in [2.45, 2.75) is 0 Å². The molecule has 0 fully saturated rings. The monoisotopic (exact) mass is 293 g/mol. The Kier molecular flexibility index (Phi) is 3.87. The van der Waals surface area contributed by atoms with Crippen molar-refractivity contribution in [3.63, 3.8) is 0 Å². The second kappa shape index (κ2) is 6.13. The zero-order valence-electron chi connectivity index (χ0n) is 12.0. The third-order valence-corrected chi connectivity index (χ3v) is 3.26. The summed E-state index contributed by atoms with van der Waals surface area (Å²) in [6.07, 6.45) is 3.28. The van der Waals surface area contributed by atoms with Gasteiger partial charge in [0.15, 0.2) is 0 Å². The van der Waals surface area contributed by atoms with Crippen molar-refractivity contribution in [1.82, 2.24) is 4.98 Å².